The first-order valence-corrected chi connectivity index (χ1v) is 12.3. The Hall–Kier alpha value is -2.91. The number of aromatic hydroxyl groups is 1. The van der Waals surface area contributed by atoms with Gasteiger partial charge in [0, 0.05) is 28.9 Å². The third-order valence-corrected chi connectivity index (χ3v) is 6.50. The first kappa shape index (κ1) is 25.2. The summed E-state index contributed by atoms with van der Waals surface area (Å²) in [5.41, 5.74) is -0.464. The highest BCUT2D eigenvalue weighted by Gasteiger charge is 2.44. The molecular weight excluding hydrogens is 512 g/mol. The number of fused-ring (bicyclic) bond motifs is 1. The first-order chi connectivity index (χ1) is 16.3. The Bertz CT molecular complexity index is 1250. The average Bonchev–Trinajstić information content (AvgIpc) is 3.19. The summed E-state index contributed by atoms with van der Waals surface area (Å²) < 4.78 is 6.37. The molecule has 0 saturated carbocycles. The highest BCUT2D eigenvalue weighted by molar-refractivity contribution is 9.10. The molecule has 35 heavy (non-hydrogen) atoms. The van der Waals surface area contributed by atoms with Crippen LogP contribution in [0.1, 0.15) is 34.6 Å². The van der Waals surface area contributed by atoms with E-state index >= 15 is 0 Å². The number of nitrogens with zero attached hydrogens (tertiary/aromatic N) is 3. The van der Waals surface area contributed by atoms with Crippen molar-refractivity contribution in [2.75, 3.05) is 18.4 Å². The second-order valence-electron chi connectivity index (χ2n) is 10.5. The van der Waals surface area contributed by atoms with Gasteiger partial charge < -0.3 is 25.2 Å². The fourth-order valence-corrected chi connectivity index (χ4v) is 4.67. The maximum atomic E-state index is 12.8. The van der Waals surface area contributed by atoms with Crippen molar-refractivity contribution in [1.29, 1.82) is 0 Å². The summed E-state index contributed by atoms with van der Waals surface area (Å²) in [5, 5.41) is 25.7. The Kier molecular flexibility index (Phi) is 6.68. The molecule has 1 aliphatic heterocycles. The van der Waals surface area contributed by atoms with Gasteiger partial charge in [0.05, 0.1) is 22.7 Å². The number of aliphatic hydroxyl groups is 1. The van der Waals surface area contributed by atoms with Crippen molar-refractivity contribution in [1.82, 2.24) is 14.9 Å². The topological polar surface area (TPSA) is 108 Å². The van der Waals surface area contributed by atoms with Gasteiger partial charge in [-0.15, -0.1) is 0 Å². The summed E-state index contributed by atoms with van der Waals surface area (Å²) in [6, 6.07) is 12.4. The molecule has 2 aromatic carbocycles. The lowest BCUT2D eigenvalue weighted by atomic mass is 9.87. The minimum absolute atomic E-state index is 0.0702. The monoisotopic (exact) mass is 542 g/mol. The molecule has 1 amide bonds. The van der Waals surface area contributed by atoms with E-state index in [4.69, 9.17) is 9.72 Å². The van der Waals surface area contributed by atoms with Crippen LogP contribution in [-0.2, 0) is 4.74 Å². The van der Waals surface area contributed by atoms with Crippen LogP contribution in [0.5, 0.6) is 5.75 Å². The summed E-state index contributed by atoms with van der Waals surface area (Å²) in [7, 11) is 0. The summed E-state index contributed by atoms with van der Waals surface area (Å²) in [6.45, 7) is 9.67. The average molecular weight is 543 g/mol. The third-order valence-electron chi connectivity index (χ3n) is 6.00. The second kappa shape index (κ2) is 9.28. The zero-order valence-electron chi connectivity index (χ0n) is 20.5. The lowest BCUT2D eigenvalue weighted by Crippen LogP contribution is -2.42. The molecule has 2 atom stereocenters. The minimum atomic E-state index is -1.05. The van der Waals surface area contributed by atoms with Crippen LogP contribution in [0.3, 0.4) is 0 Å². The number of halogens is 1. The normalized spacial score (nSPS) is 18.7. The molecule has 9 heteroatoms. The fourth-order valence-electron chi connectivity index (χ4n) is 4.31. The molecule has 1 aromatic heterocycles. The zero-order chi connectivity index (χ0) is 25.5. The highest BCUT2D eigenvalue weighted by Crippen LogP contribution is 2.35. The quantitative estimate of drug-likeness (QED) is 0.416. The number of para-hydroxylation sites is 1. The molecular formula is C26H31BrN4O4. The largest absolute Gasteiger partial charge is 0.507 e. The summed E-state index contributed by atoms with van der Waals surface area (Å²) in [4.78, 5) is 23.8. The fraction of sp³-hybridized carbons (Fsp3) is 0.423. The van der Waals surface area contributed by atoms with E-state index in [0.29, 0.717) is 35.8 Å². The molecule has 186 valence electrons. The maximum absolute atomic E-state index is 12.8. The van der Waals surface area contributed by atoms with E-state index in [0.717, 1.165) is 9.86 Å². The van der Waals surface area contributed by atoms with Crippen LogP contribution < -0.4 is 5.32 Å². The van der Waals surface area contributed by atoms with Gasteiger partial charge >= 0.3 is 6.09 Å². The molecule has 0 spiro atoms. The number of benzene rings is 2. The molecule has 3 N–H and O–H groups in total. The first-order valence-electron chi connectivity index (χ1n) is 11.5. The number of ether oxygens (including phenoxy) is 1. The van der Waals surface area contributed by atoms with Crippen LogP contribution in [0, 0.1) is 5.92 Å². The van der Waals surface area contributed by atoms with Gasteiger partial charge in [-0.2, -0.15) is 0 Å². The van der Waals surface area contributed by atoms with E-state index in [1.54, 1.807) is 36.9 Å². The number of phenolic OH excluding ortho intramolecular Hbond substituents is 1. The number of hydrogen-bond acceptors (Lipinski definition) is 7. The molecule has 3 aromatic rings. The number of likely N-dealkylation sites (tertiary alicyclic amines) is 1. The maximum Gasteiger partial charge on any atom is 0.410 e. The van der Waals surface area contributed by atoms with Gasteiger partial charge in [-0.1, -0.05) is 28.1 Å². The Morgan fingerprint density at radius 1 is 1.11 bits per heavy atom. The molecule has 1 aliphatic rings. The van der Waals surface area contributed by atoms with Crippen molar-refractivity contribution in [3.63, 3.8) is 0 Å². The van der Waals surface area contributed by atoms with Crippen LogP contribution in [0.4, 0.5) is 10.6 Å². The molecule has 1 saturated heterocycles. The Morgan fingerprint density at radius 2 is 1.83 bits per heavy atom. The smallest absolute Gasteiger partial charge is 0.410 e. The van der Waals surface area contributed by atoms with Crippen molar-refractivity contribution in [3.8, 4) is 17.1 Å². The molecule has 0 unspecified atom stereocenters. The molecule has 2 heterocycles. The van der Waals surface area contributed by atoms with Crippen molar-refractivity contribution >= 4 is 38.7 Å². The molecule has 0 radical (unpaired) electrons. The molecule has 0 bridgehead atoms. The van der Waals surface area contributed by atoms with Crippen molar-refractivity contribution < 1.29 is 19.7 Å². The SMILES string of the molecule is CC(C)(C)OC(=O)N1C[C@@H](C(C)(C)O)[C@H](Nc2nc(-c3cc(Br)ccc3O)nc3ccccc23)C1. The van der Waals surface area contributed by atoms with Gasteiger partial charge in [-0.3, -0.25) is 0 Å². The Labute approximate surface area is 213 Å². The molecule has 0 aliphatic carbocycles. The van der Waals surface area contributed by atoms with E-state index in [2.05, 4.69) is 26.2 Å². The number of phenols is 1. The summed E-state index contributed by atoms with van der Waals surface area (Å²) in [6.07, 6.45) is -0.414. The van der Waals surface area contributed by atoms with Crippen molar-refractivity contribution in [3.05, 3.63) is 46.9 Å². The molecule has 4 rings (SSSR count). The minimum Gasteiger partial charge on any atom is -0.507 e. The van der Waals surface area contributed by atoms with Crippen molar-refractivity contribution in [2.45, 2.75) is 51.9 Å². The lowest BCUT2D eigenvalue weighted by molar-refractivity contribution is 0.0100. The molecule has 1 fully saturated rings. The van der Waals surface area contributed by atoms with Crippen LogP contribution >= 0.6 is 15.9 Å². The number of nitrogens with one attached hydrogen (secondary N) is 1. The van der Waals surface area contributed by atoms with E-state index in [9.17, 15) is 15.0 Å². The third kappa shape index (κ3) is 5.67. The van der Waals surface area contributed by atoms with Crippen LogP contribution in [0.25, 0.3) is 22.3 Å². The number of anilines is 1. The van der Waals surface area contributed by atoms with Crippen LogP contribution in [-0.4, -0.2) is 61.5 Å². The van der Waals surface area contributed by atoms with Crippen LogP contribution in [0.15, 0.2) is 46.9 Å². The molecule has 8 nitrogen and oxygen atoms in total. The van der Waals surface area contributed by atoms with E-state index < -0.39 is 17.3 Å². The number of aromatic nitrogens is 2. The van der Waals surface area contributed by atoms with E-state index in [1.807, 2.05) is 45.0 Å². The number of hydrogen-bond donors (Lipinski definition) is 3. The predicted octanol–water partition coefficient (Wildman–Crippen LogP) is 5.18. The number of carbonyl (C=O) groups excluding carboxylic acids is 1. The van der Waals surface area contributed by atoms with Gasteiger partial charge in [0.15, 0.2) is 5.82 Å². The number of carbonyl (C=O) groups is 1. The van der Waals surface area contributed by atoms with Crippen molar-refractivity contribution in [2.24, 2.45) is 5.92 Å². The van der Waals surface area contributed by atoms with E-state index in [1.165, 1.54) is 0 Å². The van der Waals surface area contributed by atoms with Gasteiger partial charge in [0.25, 0.3) is 0 Å². The van der Waals surface area contributed by atoms with Crippen LogP contribution in [0.2, 0.25) is 0 Å². The Morgan fingerprint density at radius 3 is 2.51 bits per heavy atom. The zero-order valence-corrected chi connectivity index (χ0v) is 22.1. The lowest BCUT2D eigenvalue weighted by Gasteiger charge is -2.30. The Balaban J connectivity index is 1.73. The van der Waals surface area contributed by atoms with Gasteiger partial charge in [-0.25, -0.2) is 14.8 Å². The predicted molar refractivity (Wildman–Crippen MR) is 139 cm³/mol. The highest BCUT2D eigenvalue weighted by atomic mass is 79.9. The summed E-state index contributed by atoms with van der Waals surface area (Å²) in [5.74, 6) is 0.731. The standard InChI is InChI=1S/C26H31BrN4O4/c1-25(2,3)35-24(33)31-13-18(26(4,5)34)20(14-31)29-22-16-8-6-7-9-19(16)28-23(30-22)17-12-15(27)10-11-21(17)32/h6-12,18,20,32,34H,13-14H2,1-5H3,(H,28,29,30)/t18-,20-/m1/s1. The summed E-state index contributed by atoms with van der Waals surface area (Å²) >= 11 is 3.44. The van der Waals surface area contributed by atoms with Gasteiger partial charge in [0.2, 0.25) is 0 Å². The van der Waals surface area contributed by atoms with Gasteiger partial charge in [-0.05, 0) is 65.0 Å². The number of amides is 1. The van der Waals surface area contributed by atoms with E-state index in [-0.39, 0.29) is 17.7 Å². The second-order valence-corrected chi connectivity index (χ2v) is 11.4. The van der Waals surface area contributed by atoms with Gasteiger partial charge in [0.1, 0.15) is 17.2 Å². The number of rotatable bonds is 4.